The maximum atomic E-state index is 13.1. The molecule has 1 saturated heterocycles. The maximum Gasteiger partial charge on any atom is 0.313 e. The van der Waals surface area contributed by atoms with Crippen LogP contribution in [0.2, 0.25) is 0 Å². The number of nitrogens with two attached hydrogens (primary N) is 1. The van der Waals surface area contributed by atoms with E-state index in [1.54, 1.807) is 11.0 Å². The molecule has 2 aromatic rings. The number of rotatable bonds is 4. The summed E-state index contributed by atoms with van der Waals surface area (Å²) in [5.41, 5.74) is 8.71. The van der Waals surface area contributed by atoms with E-state index in [2.05, 4.69) is 22.5 Å². The van der Waals surface area contributed by atoms with Gasteiger partial charge in [0, 0.05) is 19.2 Å². The molecule has 8 heteroatoms. The van der Waals surface area contributed by atoms with Gasteiger partial charge in [0.15, 0.2) is 0 Å². The van der Waals surface area contributed by atoms with E-state index in [0.29, 0.717) is 36.1 Å². The fourth-order valence-electron chi connectivity index (χ4n) is 3.90. The van der Waals surface area contributed by atoms with Gasteiger partial charge in [-0.3, -0.25) is 14.4 Å². The number of hydrogen-bond donors (Lipinski definition) is 3. The van der Waals surface area contributed by atoms with E-state index in [1.807, 2.05) is 31.2 Å². The zero-order valence-corrected chi connectivity index (χ0v) is 18.1. The molecule has 3 rings (SSSR count). The van der Waals surface area contributed by atoms with Crippen molar-refractivity contribution in [3.8, 4) is 0 Å². The Morgan fingerprint density at radius 2 is 1.84 bits per heavy atom. The summed E-state index contributed by atoms with van der Waals surface area (Å²) in [4.78, 5) is 42.8. The molecule has 31 heavy (non-hydrogen) atoms. The van der Waals surface area contributed by atoms with E-state index in [1.165, 1.54) is 13.1 Å². The Hall–Kier alpha value is -3.42. The van der Waals surface area contributed by atoms with E-state index in [-0.39, 0.29) is 11.9 Å². The summed E-state index contributed by atoms with van der Waals surface area (Å²) >= 11 is 0. The van der Waals surface area contributed by atoms with Crippen molar-refractivity contribution in [1.82, 2.24) is 9.88 Å². The Morgan fingerprint density at radius 3 is 2.48 bits per heavy atom. The van der Waals surface area contributed by atoms with Gasteiger partial charge < -0.3 is 21.3 Å². The summed E-state index contributed by atoms with van der Waals surface area (Å²) in [7, 11) is 0. The highest BCUT2D eigenvalue weighted by Crippen LogP contribution is 2.34. The number of aryl methyl sites for hydroxylation is 1. The lowest BCUT2D eigenvalue weighted by atomic mass is 9.89. The largest absolute Gasteiger partial charge is 0.383 e. The second-order valence-electron chi connectivity index (χ2n) is 8.04. The molecule has 3 amide bonds. The van der Waals surface area contributed by atoms with Gasteiger partial charge in [-0.25, -0.2) is 4.98 Å². The Morgan fingerprint density at radius 1 is 1.13 bits per heavy atom. The molecule has 0 bridgehead atoms. The number of nitrogens with one attached hydrogen (secondary N) is 2. The molecular weight excluding hydrogens is 394 g/mol. The molecule has 2 atom stereocenters. The SMILES string of the molecule is CCc1cc(NC(=O)C(=O)N2C[C@@H](C)CCC2c2ccc(NC(C)=O)cc2)cnc1N. The third-order valence-corrected chi connectivity index (χ3v) is 5.53. The number of nitrogen functional groups attached to an aromatic ring is 1. The molecule has 1 aromatic carbocycles. The number of benzene rings is 1. The molecule has 1 fully saturated rings. The minimum Gasteiger partial charge on any atom is -0.383 e. The molecule has 1 aliphatic heterocycles. The number of nitrogens with zero attached hydrogens (tertiary/aromatic N) is 2. The number of carbonyl (C=O) groups is 3. The standard InChI is InChI=1S/C23H29N5O3/c1-4-16-11-19(12-25-21(16)24)27-22(30)23(31)28-13-14(2)5-10-20(28)17-6-8-18(9-7-17)26-15(3)29/h6-9,11-12,14,20H,4-5,10,13H2,1-3H3,(H2,24,25)(H,26,29)(H,27,30)/t14-,20?/m0/s1. The molecule has 0 spiro atoms. The Bertz CT molecular complexity index is 974. The highest BCUT2D eigenvalue weighted by Gasteiger charge is 2.34. The van der Waals surface area contributed by atoms with Crippen LogP contribution in [0.25, 0.3) is 0 Å². The van der Waals surface area contributed by atoms with E-state index < -0.39 is 11.8 Å². The lowest BCUT2D eigenvalue weighted by Gasteiger charge is -2.38. The van der Waals surface area contributed by atoms with Crippen molar-refractivity contribution < 1.29 is 14.4 Å². The summed E-state index contributed by atoms with van der Waals surface area (Å²) in [6, 6.07) is 8.94. The van der Waals surface area contributed by atoms with Crippen molar-refractivity contribution in [3.05, 3.63) is 47.7 Å². The molecule has 0 saturated carbocycles. The van der Waals surface area contributed by atoms with Crippen molar-refractivity contribution in [2.45, 2.75) is 46.1 Å². The normalized spacial score (nSPS) is 18.4. The zero-order valence-electron chi connectivity index (χ0n) is 18.1. The number of pyridine rings is 1. The number of hydrogen-bond acceptors (Lipinski definition) is 5. The van der Waals surface area contributed by atoms with Crippen molar-refractivity contribution in [2.24, 2.45) is 5.92 Å². The summed E-state index contributed by atoms with van der Waals surface area (Å²) in [6.07, 6.45) is 3.86. The van der Waals surface area contributed by atoms with Crippen LogP contribution in [0.1, 0.15) is 50.8 Å². The summed E-state index contributed by atoms with van der Waals surface area (Å²) in [5.74, 6) is -0.688. The van der Waals surface area contributed by atoms with E-state index >= 15 is 0 Å². The second kappa shape index (κ2) is 9.59. The summed E-state index contributed by atoms with van der Waals surface area (Å²) in [5, 5.41) is 5.40. The van der Waals surface area contributed by atoms with Crippen LogP contribution in [0.3, 0.4) is 0 Å². The van der Waals surface area contributed by atoms with Crippen LogP contribution in [0.15, 0.2) is 36.5 Å². The minimum atomic E-state index is -0.692. The minimum absolute atomic E-state index is 0.142. The number of piperidine rings is 1. The lowest BCUT2D eigenvalue weighted by Crippen LogP contribution is -2.46. The third kappa shape index (κ3) is 5.39. The van der Waals surface area contributed by atoms with Crippen molar-refractivity contribution in [1.29, 1.82) is 0 Å². The topological polar surface area (TPSA) is 117 Å². The Kier molecular flexibility index (Phi) is 6.89. The van der Waals surface area contributed by atoms with Crippen LogP contribution >= 0.6 is 0 Å². The van der Waals surface area contributed by atoms with Gasteiger partial charge in [-0.1, -0.05) is 26.0 Å². The Balaban J connectivity index is 1.77. The number of likely N-dealkylation sites (tertiary alicyclic amines) is 1. The molecule has 1 unspecified atom stereocenters. The van der Waals surface area contributed by atoms with E-state index in [0.717, 1.165) is 24.0 Å². The van der Waals surface area contributed by atoms with Crippen LogP contribution in [-0.2, 0) is 20.8 Å². The molecule has 0 aliphatic carbocycles. The van der Waals surface area contributed by atoms with Crippen molar-refractivity contribution >= 4 is 34.9 Å². The van der Waals surface area contributed by atoms with E-state index in [9.17, 15) is 14.4 Å². The summed E-state index contributed by atoms with van der Waals surface area (Å²) < 4.78 is 0. The number of anilines is 3. The average molecular weight is 424 g/mol. The quantitative estimate of drug-likeness (QED) is 0.653. The fraction of sp³-hybridized carbons (Fsp3) is 0.391. The molecule has 1 aliphatic rings. The monoisotopic (exact) mass is 423 g/mol. The zero-order chi connectivity index (χ0) is 22.5. The Labute approximate surface area is 182 Å². The van der Waals surface area contributed by atoms with Gasteiger partial charge in [-0.15, -0.1) is 0 Å². The van der Waals surface area contributed by atoms with Gasteiger partial charge in [0.25, 0.3) is 0 Å². The first-order valence-corrected chi connectivity index (χ1v) is 10.5. The first-order chi connectivity index (χ1) is 14.8. The first kappa shape index (κ1) is 22.3. The molecule has 0 radical (unpaired) electrons. The van der Waals surface area contributed by atoms with Gasteiger partial charge in [-0.05, 0) is 54.5 Å². The maximum absolute atomic E-state index is 13.1. The van der Waals surface area contributed by atoms with Crippen LogP contribution in [0.5, 0.6) is 0 Å². The first-order valence-electron chi connectivity index (χ1n) is 10.5. The average Bonchev–Trinajstić information content (AvgIpc) is 2.74. The van der Waals surface area contributed by atoms with Gasteiger partial charge in [0.2, 0.25) is 5.91 Å². The second-order valence-corrected chi connectivity index (χ2v) is 8.04. The van der Waals surface area contributed by atoms with Gasteiger partial charge in [0.05, 0.1) is 17.9 Å². The van der Waals surface area contributed by atoms with Gasteiger partial charge >= 0.3 is 11.8 Å². The van der Waals surface area contributed by atoms with Crippen molar-refractivity contribution in [3.63, 3.8) is 0 Å². The smallest absolute Gasteiger partial charge is 0.313 e. The molecular formula is C23H29N5O3. The molecule has 8 nitrogen and oxygen atoms in total. The third-order valence-electron chi connectivity index (χ3n) is 5.53. The van der Waals surface area contributed by atoms with Crippen LogP contribution in [0.4, 0.5) is 17.2 Å². The molecule has 1 aromatic heterocycles. The predicted octanol–water partition coefficient (Wildman–Crippen LogP) is 3.12. The van der Waals surface area contributed by atoms with E-state index in [4.69, 9.17) is 5.73 Å². The van der Waals surface area contributed by atoms with Crippen molar-refractivity contribution in [2.75, 3.05) is 22.9 Å². The fourth-order valence-corrected chi connectivity index (χ4v) is 3.90. The lowest BCUT2D eigenvalue weighted by molar-refractivity contribution is -0.146. The van der Waals surface area contributed by atoms with Crippen LogP contribution < -0.4 is 16.4 Å². The highest BCUT2D eigenvalue weighted by molar-refractivity contribution is 6.39. The summed E-state index contributed by atoms with van der Waals surface area (Å²) in [6.45, 7) is 5.98. The number of amides is 3. The molecule has 4 N–H and O–H groups in total. The highest BCUT2D eigenvalue weighted by atomic mass is 16.2. The van der Waals surface area contributed by atoms with Gasteiger partial charge in [-0.2, -0.15) is 0 Å². The predicted molar refractivity (Wildman–Crippen MR) is 120 cm³/mol. The van der Waals surface area contributed by atoms with Crippen LogP contribution in [-0.4, -0.2) is 34.2 Å². The molecule has 2 heterocycles. The van der Waals surface area contributed by atoms with Crippen LogP contribution in [0, 0.1) is 5.92 Å². The van der Waals surface area contributed by atoms with Gasteiger partial charge in [0.1, 0.15) is 5.82 Å². The molecule has 164 valence electrons. The number of carbonyl (C=O) groups excluding carboxylic acids is 3. The number of aromatic nitrogens is 1.